The van der Waals surface area contributed by atoms with E-state index in [1.54, 1.807) is 14.2 Å². The number of aliphatic imine (C=N–C) groups is 1. The van der Waals surface area contributed by atoms with Crippen LogP contribution < -0.4 is 15.4 Å². The molecule has 8 heteroatoms. The number of aryl methyl sites for hydroxylation is 1. The van der Waals surface area contributed by atoms with Gasteiger partial charge in [0.15, 0.2) is 5.96 Å². The summed E-state index contributed by atoms with van der Waals surface area (Å²) in [7, 11) is 3.40. The summed E-state index contributed by atoms with van der Waals surface area (Å²) >= 11 is 6.29. The lowest BCUT2D eigenvalue weighted by Crippen LogP contribution is -2.39. The highest BCUT2D eigenvalue weighted by Crippen LogP contribution is 2.22. The Kier molecular flexibility index (Phi) is 9.03. The van der Waals surface area contributed by atoms with Crippen molar-refractivity contribution < 1.29 is 4.74 Å². The van der Waals surface area contributed by atoms with Gasteiger partial charge in [-0.05, 0) is 42.7 Å². The summed E-state index contributed by atoms with van der Waals surface area (Å²) in [6, 6.07) is 9.86. The second kappa shape index (κ2) is 11.3. The summed E-state index contributed by atoms with van der Waals surface area (Å²) < 4.78 is 7.25. The zero-order valence-corrected chi connectivity index (χ0v) is 20.0. The molecule has 0 aliphatic rings. The average Bonchev–Trinajstić information content (AvgIpc) is 3.12. The number of aromatic nitrogens is 2. The number of nitrogens with zero attached hydrogens (tertiary/aromatic N) is 3. The van der Waals surface area contributed by atoms with Crippen LogP contribution in [0, 0.1) is 6.92 Å². The molecule has 0 atom stereocenters. The molecule has 0 fully saturated rings. The number of imidazole rings is 1. The maximum absolute atomic E-state index is 6.29. The van der Waals surface area contributed by atoms with E-state index in [0.29, 0.717) is 5.02 Å². The number of pyridine rings is 1. The van der Waals surface area contributed by atoms with Gasteiger partial charge in [0.25, 0.3) is 0 Å². The number of nitrogens with one attached hydrogen (secondary N) is 2. The molecule has 2 N–H and O–H groups in total. The van der Waals surface area contributed by atoms with Gasteiger partial charge in [-0.25, -0.2) is 4.98 Å². The molecule has 2 heterocycles. The summed E-state index contributed by atoms with van der Waals surface area (Å²) in [4.78, 5) is 8.97. The van der Waals surface area contributed by atoms with Crippen LogP contribution in [-0.4, -0.2) is 42.6 Å². The molecule has 0 saturated heterocycles. The van der Waals surface area contributed by atoms with Crippen LogP contribution in [0.3, 0.4) is 0 Å². The number of halogens is 2. The Hall–Kier alpha value is -2.00. The smallest absolute Gasteiger partial charge is 0.190 e. The molecular weight excluding hydrogens is 501 g/mol. The van der Waals surface area contributed by atoms with Crippen molar-refractivity contribution in [3.63, 3.8) is 0 Å². The van der Waals surface area contributed by atoms with Crippen LogP contribution in [0.25, 0.3) is 5.65 Å². The van der Waals surface area contributed by atoms with E-state index in [1.807, 2.05) is 30.5 Å². The number of hydrogen-bond donors (Lipinski definition) is 2. The van der Waals surface area contributed by atoms with E-state index in [1.165, 1.54) is 5.56 Å². The first-order chi connectivity index (χ1) is 13.6. The van der Waals surface area contributed by atoms with Gasteiger partial charge in [-0.2, -0.15) is 0 Å². The molecule has 0 unspecified atom stereocenters. The van der Waals surface area contributed by atoms with Gasteiger partial charge < -0.3 is 19.8 Å². The summed E-state index contributed by atoms with van der Waals surface area (Å²) in [5, 5.41) is 7.37. The standard InChI is InChI=1S/C21H26ClN5O.HI/c1-15-5-4-12-27-14-17(26-20(15)27)9-11-25-21(23-2)24-10-8-16-6-7-18(28-3)13-19(16)22;/h4-7,12-14H,8-11H2,1-3H3,(H2,23,24,25);1H. The maximum Gasteiger partial charge on any atom is 0.190 e. The topological polar surface area (TPSA) is 63.0 Å². The van der Waals surface area contributed by atoms with E-state index < -0.39 is 0 Å². The highest BCUT2D eigenvalue weighted by Gasteiger charge is 2.05. The Morgan fingerprint density at radius 2 is 1.97 bits per heavy atom. The number of hydrogen-bond acceptors (Lipinski definition) is 3. The number of fused-ring (bicyclic) bond motifs is 1. The van der Waals surface area contributed by atoms with Crippen molar-refractivity contribution in [1.82, 2.24) is 20.0 Å². The van der Waals surface area contributed by atoms with E-state index in [2.05, 4.69) is 39.2 Å². The van der Waals surface area contributed by atoms with Crippen LogP contribution in [0.4, 0.5) is 0 Å². The normalized spacial score (nSPS) is 11.2. The first-order valence-electron chi connectivity index (χ1n) is 9.31. The quantitative estimate of drug-likeness (QED) is 0.278. The minimum absolute atomic E-state index is 0. The highest BCUT2D eigenvalue weighted by molar-refractivity contribution is 14.0. The van der Waals surface area contributed by atoms with Gasteiger partial charge in [0, 0.05) is 44.0 Å². The third-order valence-electron chi connectivity index (χ3n) is 4.57. The van der Waals surface area contributed by atoms with Crippen LogP contribution in [-0.2, 0) is 12.8 Å². The summed E-state index contributed by atoms with van der Waals surface area (Å²) in [5.41, 5.74) is 4.32. The van der Waals surface area contributed by atoms with Gasteiger partial charge >= 0.3 is 0 Å². The fourth-order valence-corrected chi connectivity index (χ4v) is 3.29. The SMILES string of the molecule is CN=C(NCCc1cn2cccc(C)c2n1)NCCc1ccc(OC)cc1Cl.I. The first kappa shape index (κ1) is 23.3. The van der Waals surface area contributed by atoms with Crippen molar-refractivity contribution in [2.75, 3.05) is 27.2 Å². The van der Waals surface area contributed by atoms with E-state index in [4.69, 9.17) is 21.3 Å². The van der Waals surface area contributed by atoms with Crippen LogP contribution in [0.1, 0.15) is 16.8 Å². The number of guanidine groups is 1. The second-order valence-corrected chi connectivity index (χ2v) is 6.94. The molecule has 3 rings (SSSR count). The monoisotopic (exact) mass is 527 g/mol. The molecule has 0 aliphatic heterocycles. The van der Waals surface area contributed by atoms with Crippen molar-refractivity contribution in [3.8, 4) is 5.75 Å². The lowest BCUT2D eigenvalue weighted by Gasteiger charge is -2.12. The molecule has 0 spiro atoms. The Morgan fingerprint density at radius 1 is 1.21 bits per heavy atom. The number of rotatable bonds is 7. The van der Waals surface area contributed by atoms with Gasteiger partial charge in [-0.1, -0.05) is 23.7 Å². The van der Waals surface area contributed by atoms with Crippen LogP contribution in [0.5, 0.6) is 5.75 Å². The molecule has 0 radical (unpaired) electrons. The molecule has 0 amide bonds. The molecule has 0 bridgehead atoms. The van der Waals surface area contributed by atoms with Gasteiger partial charge in [-0.3, -0.25) is 4.99 Å². The third-order valence-corrected chi connectivity index (χ3v) is 4.92. The van der Waals surface area contributed by atoms with E-state index >= 15 is 0 Å². The highest BCUT2D eigenvalue weighted by atomic mass is 127. The third kappa shape index (κ3) is 6.24. The molecular formula is C21H27ClIN5O. The minimum atomic E-state index is 0. The van der Waals surface area contributed by atoms with Gasteiger partial charge in [0.1, 0.15) is 11.4 Å². The zero-order chi connectivity index (χ0) is 19.9. The molecule has 0 aliphatic carbocycles. The molecule has 156 valence electrons. The first-order valence-corrected chi connectivity index (χ1v) is 9.68. The van der Waals surface area contributed by atoms with E-state index in [0.717, 1.165) is 54.5 Å². The van der Waals surface area contributed by atoms with Crippen LogP contribution in [0.2, 0.25) is 5.02 Å². The molecule has 6 nitrogen and oxygen atoms in total. The number of ether oxygens (including phenoxy) is 1. The van der Waals surface area contributed by atoms with Crippen molar-refractivity contribution in [2.45, 2.75) is 19.8 Å². The van der Waals surface area contributed by atoms with Gasteiger partial charge in [0.2, 0.25) is 0 Å². The van der Waals surface area contributed by atoms with Crippen molar-refractivity contribution in [3.05, 3.63) is 64.6 Å². The Labute approximate surface area is 193 Å². The Morgan fingerprint density at radius 3 is 2.62 bits per heavy atom. The van der Waals surface area contributed by atoms with Crippen molar-refractivity contribution >= 4 is 47.2 Å². The Bertz CT molecular complexity index is 973. The molecule has 2 aromatic heterocycles. The lowest BCUT2D eigenvalue weighted by atomic mass is 10.1. The fraction of sp³-hybridized carbons (Fsp3) is 0.333. The lowest BCUT2D eigenvalue weighted by molar-refractivity contribution is 0.414. The van der Waals surface area contributed by atoms with Gasteiger partial charge in [0.05, 0.1) is 12.8 Å². The van der Waals surface area contributed by atoms with Crippen LogP contribution in [0.15, 0.2) is 47.7 Å². The molecule has 3 aromatic rings. The zero-order valence-electron chi connectivity index (χ0n) is 16.9. The predicted octanol–water partition coefficient (Wildman–Crippen LogP) is 3.87. The van der Waals surface area contributed by atoms with Crippen LogP contribution >= 0.6 is 35.6 Å². The van der Waals surface area contributed by atoms with E-state index in [9.17, 15) is 0 Å². The second-order valence-electron chi connectivity index (χ2n) is 6.54. The summed E-state index contributed by atoms with van der Waals surface area (Å²) in [5.74, 6) is 1.53. The minimum Gasteiger partial charge on any atom is -0.497 e. The molecule has 0 saturated carbocycles. The average molecular weight is 528 g/mol. The predicted molar refractivity (Wildman–Crippen MR) is 130 cm³/mol. The summed E-state index contributed by atoms with van der Waals surface area (Å²) in [6.45, 7) is 3.57. The van der Waals surface area contributed by atoms with Crippen molar-refractivity contribution in [1.29, 1.82) is 0 Å². The summed E-state index contributed by atoms with van der Waals surface area (Å²) in [6.07, 6.45) is 5.73. The molecule has 1 aromatic carbocycles. The van der Waals surface area contributed by atoms with Crippen molar-refractivity contribution in [2.24, 2.45) is 4.99 Å². The maximum atomic E-state index is 6.29. The van der Waals surface area contributed by atoms with Gasteiger partial charge in [-0.15, -0.1) is 24.0 Å². The fourth-order valence-electron chi connectivity index (χ4n) is 3.03. The largest absolute Gasteiger partial charge is 0.497 e. The molecule has 29 heavy (non-hydrogen) atoms. The van der Waals surface area contributed by atoms with E-state index in [-0.39, 0.29) is 24.0 Å². The Balaban J connectivity index is 0.00000300. The number of benzene rings is 1. The number of methoxy groups -OCH3 is 1.